The van der Waals surface area contributed by atoms with Gasteiger partial charge < -0.3 is 15.3 Å². The summed E-state index contributed by atoms with van der Waals surface area (Å²) in [6.45, 7) is -0.137. The molecule has 3 aliphatic heterocycles. The van der Waals surface area contributed by atoms with E-state index in [1.54, 1.807) is 12.4 Å². The minimum Gasteiger partial charge on any atom is -0.394 e. The van der Waals surface area contributed by atoms with Gasteiger partial charge in [0.1, 0.15) is 27.3 Å². The third-order valence-electron chi connectivity index (χ3n) is 7.43. The number of halogens is 3. The van der Waals surface area contributed by atoms with Crippen LogP contribution in [0.15, 0.2) is 17.3 Å². The first-order valence-corrected chi connectivity index (χ1v) is 12.7. The molecule has 0 radical (unpaired) electrons. The zero-order chi connectivity index (χ0) is 23.0. The maximum atomic E-state index is 14.4. The molecule has 2 saturated carbocycles. The van der Waals surface area contributed by atoms with Crippen molar-refractivity contribution < 1.29 is 18.1 Å². The van der Waals surface area contributed by atoms with Gasteiger partial charge in [-0.05, 0) is 38.5 Å². The van der Waals surface area contributed by atoms with Gasteiger partial charge in [-0.3, -0.25) is 0 Å². The molecule has 2 aromatic rings. The lowest BCUT2D eigenvalue weighted by Crippen LogP contribution is -2.61. The second-order valence-corrected chi connectivity index (χ2v) is 11.5. The molecular formula is C21H23ClF2N6O2S. The fourth-order valence-electron chi connectivity index (χ4n) is 5.53. The number of nitrogens with one attached hydrogen (secondary N) is 1. The molecule has 4 fully saturated rings. The summed E-state index contributed by atoms with van der Waals surface area (Å²) < 4.78 is 41.3. The molecule has 176 valence electrons. The number of hydrogen-bond acceptors (Lipinski definition) is 8. The molecule has 2 bridgehead atoms. The number of nitrogens with zero attached hydrogens (tertiary/aromatic N) is 5. The van der Waals surface area contributed by atoms with E-state index in [0.717, 1.165) is 31.5 Å². The van der Waals surface area contributed by atoms with Crippen LogP contribution in [0.2, 0.25) is 5.02 Å². The number of anilines is 2. The van der Waals surface area contributed by atoms with Gasteiger partial charge >= 0.3 is 5.25 Å². The summed E-state index contributed by atoms with van der Waals surface area (Å²) in [6.07, 6.45) is 7.45. The third kappa shape index (κ3) is 3.42. The van der Waals surface area contributed by atoms with Crippen LogP contribution in [0, 0.1) is 0 Å². The summed E-state index contributed by atoms with van der Waals surface area (Å²) in [5.74, 6) is 1.51. The van der Waals surface area contributed by atoms with Gasteiger partial charge in [-0.2, -0.15) is 13.8 Å². The molecular weight excluding hydrogens is 474 g/mol. The highest BCUT2D eigenvalue weighted by Crippen LogP contribution is 2.49. The van der Waals surface area contributed by atoms with Crippen molar-refractivity contribution >= 4 is 34.2 Å². The van der Waals surface area contributed by atoms with Crippen molar-refractivity contribution in [2.45, 2.75) is 78.6 Å². The van der Waals surface area contributed by atoms with Crippen LogP contribution in [0.25, 0.3) is 0 Å². The fourth-order valence-corrected chi connectivity index (χ4v) is 6.80. The van der Waals surface area contributed by atoms with Crippen LogP contribution in [0.4, 0.5) is 20.5 Å². The second-order valence-electron chi connectivity index (χ2n) is 9.53. The van der Waals surface area contributed by atoms with E-state index in [1.807, 2.05) is 0 Å². The Kier molecular flexibility index (Phi) is 4.90. The topological polar surface area (TPSA) is 104 Å². The molecule has 3 unspecified atom stereocenters. The van der Waals surface area contributed by atoms with Gasteiger partial charge in [0.05, 0.1) is 29.3 Å². The van der Waals surface area contributed by atoms with Crippen molar-refractivity contribution in [3.05, 3.63) is 28.9 Å². The van der Waals surface area contributed by atoms with Crippen molar-refractivity contribution in [1.82, 2.24) is 19.9 Å². The van der Waals surface area contributed by atoms with Crippen molar-refractivity contribution in [2.75, 3.05) is 16.8 Å². The lowest BCUT2D eigenvalue weighted by atomic mass is 9.73. The minimum atomic E-state index is -3.38. The van der Waals surface area contributed by atoms with Crippen molar-refractivity contribution in [3.8, 4) is 0 Å². The van der Waals surface area contributed by atoms with Gasteiger partial charge in [0.15, 0.2) is 0 Å². The van der Waals surface area contributed by atoms with E-state index in [-0.39, 0.29) is 41.0 Å². The highest BCUT2D eigenvalue weighted by atomic mass is 35.5. The largest absolute Gasteiger partial charge is 0.394 e. The molecule has 2 N–H and O–H groups in total. The highest BCUT2D eigenvalue weighted by molar-refractivity contribution is 7.86. The minimum absolute atomic E-state index is 0.0263. The summed E-state index contributed by atoms with van der Waals surface area (Å²) in [5.41, 5.74) is -0.482. The number of alkyl halides is 2. The van der Waals surface area contributed by atoms with Gasteiger partial charge in [-0.15, -0.1) is 0 Å². The van der Waals surface area contributed by atoms with Crippen molar-refractivity contribution in [3.63, 3.8) is 0 Å². The van der Waals surface area contributed by atoms with Crippen LogP contribution in [0.3, 0.4) is 0 Å². The lowest BCUT2D eigenvalue weighted by molar-refractivity contribution is 0.104. The normalized spacial score (nSPS) is 30.8. The Labute approximate surface area is 196 Å². The summed E-state index contributed by atoms with van der Waals surface area (Å²) in [5, 5.41) is 10.2. The average molecular weight is 497 g/mol. The molecule has 0 amide bonds. The predicted molar refractivity (Wildman–Crippen MR) is 118 cm³/mol. The van der Waals surface area contributed by atoms with E-state index in [0.29, 0.717) is 23.8 Å². The van der Waals surface area contributed by atoms with Gasteiger partial charge in [0, 0.05) is 30.4 Å². The van der Waals surface area contributed by atoms with Gasteiger partial charge in [0.2, 0.25) is 5.95 Å². The monoisotopic (exact) mass is 496 g/mol. The van der Waals surface area contributed by atoms with Crippen molar-refractivity contribution in [2.24, 2.45) is 0 Å². The number of piperidine rings is 1. The number of aliphatic hydroxyl groups excluding tert-OH is 1. The number of fused-ring (bicyclic) bond motifs is 3. The average Bonchev–Trinajstić information content (AvgIpc) is 2.99. The maximum absolute atomic E-state index is 14.4. The molecule has 5 aliphatic rings. The first-order chi connectivity index (χ1) is 15.8. The van der Waals surface area contributed by atoms with Crippen LogP contribution in [0.5, 0.6) is 0 Å². The Morgan fingerprint density at radius 3 is 2.48 bits per heavy atom. The Balaban J connectivity index is 1.31. The molecule has 2 saturated heterocycles. The van der Waals surface area contributed by atoms with Crippen molar-refractivity contribution in [1.29, 1.82) is 0 Å². The smallest absolute Gasteiger partial charge is 0.331 e. The number of hydrogen-bond donors (Lipinski definition) is 2. The van der Waals surface area contributed by atoms with E-state index in [9.17, 15) is 18.1 Å². The first-order valence-electron chi connectivity index (χ1n) is 11.1. The summed E-state index contributed by atoms with van der Waals surface area (Å²) >= 11 is 5.91. The Morgan fingerprint density at radius 1 is 1.18 bits per heavy atom. The highest BCUT2D eigenvalue weighted by Gasteiger charge is 2.52. The van der Waals surface area contributed by atoms with E-state index in [2.05, 4.69) is 30.2 Å². The standard InChI is InChI=1S/C21H23ClF2N6O2S/c22-12-8-25-17(26-9-12)11-4-13-6-14(5-11)30(13)19-27-15-7-21(23,24)33(32)16(15)18(28-19)29-20(10-31)2-1-3-20/h8-9,11,13-14,31H,1-7,10H2,(H,27,28,29). The zero-order valence-electron chi connectivity index (χ0n) is 17.7. The Hall–Kier alpha value is -1.98. The SMILES string of the molecule is O=S1c2c(nc(N3C4CC(c5ncc(Cl)cn5)CC3C4)nc2NC2(CO)CCC2)CC1(F)F. The third-order valence-corrected chi connectivity index (χ3v) is 9.11. The van der Waals surface area contributed by atoms with E-state index < -0.39 is 28.0 Å². The van der Waals surface area contributed by atoms with Crippen LogP contribution in [0.1, 0.15) is 56.0 Å². The predicted octanol–water partition coefficient (Wildman–Crippen LogP) is 3.03. The molecule has 5 heterocycles. The van der Waals surface area contributed by atoms with E-state index in [1.165, 1.54) is 0 Å². The number of rotatable bonds is 5. The van der Waals surface area contributed by atoms with Crippen LogP contribution in [-0.2, 0) is 17.2 Å². The number of aliphatic hydroxyl groups is 1. The second kappa shape index (κ2) is 7.51. The molecule has 2 aromatic heterocycles. The molecule has 3 atom stereocenters. The molecule has 12 heteroatoms. The Morgan fingerprint density at radius 2 is 1.88 bits per heavy atom. The van der Waals surface area contributed by atoms with Crippen LogP contribution in [-0.4, -0.2) is 58.7 Å². The molecule has 7 rings (SSSR count). The van der Waals surface area contributed by atoms with E-state index in [4.69, 9.17) is 11.6 Å². The summed E-state index contributed by atoms with van der Waals surface area (Å²) in [6, 6.07) is 0.309. The molecule has 33 heavy (non-hydrogen) atoms. The fraction of sp³-hybridized carbons (Fsp3) is 0.619. The maximum Gasteiger partial charge on any atom is 0.331 e. The first kappa shape index (κ1) is 21.5. The van der Waals surface area contributed by atoms with E-state index >= 15 is 0 Å². The quantitative estimate of drug-likeness (QED) is 0.651. The molecule has 8 nitrogen and oxygen atoms in total. The Bertz CT molecular complexity index is 1110. The summed E-state index contributed by atoms with van der Waals surface area (Å²) in [7, 11) is -2.53. The van der Waals surface area contributed by atoms with Gasteiger partial charge in [0.25, 0.3) is 0 Å². The molecule has 0 aromatic carbocycles. The molecule has 2 aliphatic carbocycles. The number of aromatic nitrogens is 4. The molecule has 0 spiro atoms. The van der Waals surface area contributed by atoms with Crippen LogP contribution < -0.4 is 10.2 Å². The summed E-state index contributed by atoms with van der Waals surface area (Å²) in [4.78, 5) is 19.9. The van der Waals surface area contributed by atoms with Gasteiger partial charge in [-0.25, -0.2) is 19.2 Å². The van der Waals surface area contributed by atoms with Crippen LogP contribution >= 0.6 is 11.6 Å². The van der Waals surface area contributed by atoms with Gasteiger partial charge in [-0.1, -0.05) is 11.6 Å². The zero-order valence-corrected chi connectivity index (χ0v) is 19.2. The lowest BCUT2D eigenvalue weighted by Gasteiger charge is -2.55.